The zero-order valence-electron chi connectivity index (χ0n) is 9.20. The summed E-state index contributed by atoms with van der Waals surface area (Å²) < 4.78 is 0. The van der Waals surface area contributed by atoms with Gasteiger partial charge in [0.25, 0.3) is 0 Å². The van der Waals surface area contributed by atoms with E-state index in [9.17, 15) is 0 Å². The van der Waals surface area contributed by atoms with Crippen LogP contribution >= 0.6 is 15.9 Å². The number of rotatable bonds is 4. The lowest BCUT2D eigenvalue weighted by atomic mass is 10.0. The van der Waals surface area contributed by atoms with Crippen molar-refractivity contribution < 1.29 is 0 Å². The summed E-state index contributed by atoms with van der Waals surface area (Å²) >= 11 is 3.47. The molecule has 2 aromatic rings. The van der Waals surface area contributed by atoms with Gasteiger partial charge in [0.2, 0.25) is 0 Å². The Morgan fingerprint density at radius 2 is 1.56 bits per heavy atom. The molecule has 0 amide bonds. The average molecular weight is 275 g/mol. The molecule has 0 N–H and O–H groups in total. The minimum absolute atomic E-state index is 1.07. The first-order chi connectivity index (χ1) is 7.90. The summed E-state index contributed by atoms with van der Waals surface area (Å²) in [6, 6.07) is 19.3. The van der Waals surface area contributed by atoms with Gasteiger partial charge in [-0.1, -0.05) is 70.5 Å². The molecule has 0 aromatic heterocycles. The third-order valence-electron chi connectivity index (χ3n) is 2.63. The van der Waals surface area contributed by atoms with Crippen LogP contribution in [0.4, 0.5) is 0 Å². The normalized spacial score (nSPS) is 10.3. The summed E-state index contributed by atoms with van der Waals surface area (Å²) in [7, 11) is 0. The second kappa shape index (κ2) is 5.86. The molecule has 2 aromatic carbocycles. The van der Waals surface area contributed by atoms with Crippen molar-refractivity contribution in [3.63, 3.8) is 0 Å². The van der Waals surface area contributed by atoms with E-state index in [1.54, 1.807) is 0 Å². The molecular weight excluding hydrogens is 260 g/mol. The summed E-state index contributed by atoms with van der Waals surface area (Å²) in [4.78, 5) is 0. The Bertz CT molecular complexity index is 434. The smallest absolute Gasteiger partial charge is 0.00344 e. The van der Waals surface area contributed by atoms with E-state index >= 15 is 0 Å². The van der Waals surface area contributed by atoms with Crippen LogP contribution in [0.15, 0.2) is 54.6 Å². The Morgan fingerprint density at radius 1 is 0.812 bits per heavy atom. The van der Waals surface area contributed by atoms with Crippen LogP contribution in [-0.2, 0) is 6.42 Å². The number of hydrogen-bond donors (Lipinski definition) is 0. The Balaban J connectivity index is 2.22. The van der Waals surface area contributed by atoms with E-state index < -0.39 is 0 Å². The fourth-order valence-corrected chi connectivity index (χ4v) is 2.09. The average Bonchev–Trinajstić information content (AvgIpc) is 2.38. The van der Waals surface area contributed by atoms with Gasteiger partial charge in [-0.05, 0) is 29.5 Å². The summed E-state index contributed by atoms with van der Waals surface area (Å²) in [5.41, 5.74) is 4.02. The number of halogens is 1. The number of alkyl halides is 1. The zero-order chi connectivity index (χ0) is 11.2. The third kappa shape index (κ3) is 2.96. The van der Waals surface area contributed by atoms with Gasteiger partial charge in [-0.15, -0.1) is 0 Å². The summed E-state index contributed by atoms with van der Waals surface area (Å²) in [6.07, 6.45) is 2.34. The molecule has 0 saturated carbocycles. The van der Waals surface area contributed by atoms with E-state index in [1.807, 2.05) is 0 Å². The van der Waals surface area contributed by atoms with Crippen LogP contribution in [0.25, 0.3) is 11.1 Å². The van der Waals surface area contributed by atoms with Gasteiger partial charge < -0.3 is 0 Å². The molecule has 0 nitrogen and oxygen atoms in total. The highest BCUT2D eigenvalue weighted by Crippen LogP contribution is 2.20. The molecule has 16 heavy (non-hydrogen) atoms. The van der Waals surface area contributed by atoms with Gasteiger partial charge in [-0.25, -0.2) is 0 Å². The molecule has 0 bridgehead atoms. The monoisotopic (exact) mass is 274 g/mol. The zero-order valence-corrected chi connectivity index (χ0v) is 10.8. The van der Waals surface area contributed by atoms with E-state index in [1.165, 1.54) is 23.1 Å². The topological polar surface area (TPSA) is 0 Å². The minimum atomic E-state index is 1.07. The van der Waals surface area contributed by atoms with E-state index in [2.05, 4.69) is 70.5 Å². The molecule has 0 saturated heterocycles. The van der Waals surface area contributed by atoms with Crippen LogP contribution in [0.1, 0.15) is 12.0 Å². The first-order valence-corrected chi connectivity index (χ1v) is 6.72. The summed E-state index contributed by atoms with van der Waals surface area (Å²) in [5.74, 6) is 0. The van der Waals surface area contributed by atoms with Crippen LogP contribution in [0.2, 0.25) is 0 Å². The van der Waals surface area contributed by atoms with Crippen LogP contribution in [0.5, 0.6) is 0 Å². The fourth-order valence-electron chi connectivity index (χ4n) is 1.81. The van der Waals surface area contributed by atoms with Gasteiger partial charge in [0, 0.05) is 5.33 Å². The highest BCUT2D eigenvalue weighted by molar-refractivity contribution is 9.09. The van der Waals surface area contributed by atoms with E-state index in [-0.39, 0.29) is 0 Å². The van der Waals surface area contributed by atoms with Gasteiger partial charge in [0.05, 0.1) is 0 Å². The van der Waals surface area contributed by atoms with Crippen molar-refractivity contribution in [2.75, 3.05) is 5.33 Å². The first kappa shape index (κ1) is 11.4. The molecular formula is C15H15Br. The van der Waals surface area contributed by atoms with Gasteiger partial charge in [-0.2, -0.15) is 0 Å². The Kier molecular flexibility index (Phi) is 4.17. The molecule has 0 radical (unpaired) electrons. The minimum Gasteiger partial charge on any atom is -0.0928 e. The lowest BCUT2D eigenvalue weighted by molar-refractivity contribution is 0.940. The quantitative estimate of drug-likeness (QED) is 0.711. The van der Waals surface area contributed by atoms with Crippen molar-refractivity contribution >= 4 is 15.9 Å². The Morgan fingerprint density at radius 3 is 2.31 bits per heavy atom. The van der Waals surface area contributed by atoms with Crippen molar-refractivity contribution in [3.8, 4) is 11.1 Å². The summed E-state index contributed by atoms with van der Waals surface area (Å²) in [5, 5.41) is 1.07. The Labute approximate surface area is 105 Å². The maximum Gasteiger partial charge on any atom is 0.00344 e. The van der Waals surface area contributed by atoms with Crippen molar-refractivity contribution in [2.24, 2.45) is 0 Å². The molecule has 0 aliphatic carbocycles. The second-order valence-corrected chi connectivity index (χ2v) is 4.65. The van der Waals surface area contributed by atoms with Gasteiger partial charge in [-0.3, -0.25) is 0 Å². The van der Waals surface area contributed by atoms with Crippen molar-refractivity contribution in [1.29, 1.82) is 0 Å². The standard InChI is InChI=1S/C15H15Br/c16-11-5-7-13-6-4-10-15(12-13)14-8-2-1-3-9-14/h1-4,6,8-10,12H,5,7,11H2. The molecule has 0 unspecified atom stereocenters. The molecule has 0 atom stereocenters. The number of hydrogen-bond acceptors (Lipinski definition) is 0. The van der Waals surface area contributed by atoms with Crippen LogP contribution in [-0.4, -0.2) is 5.33 Å². The molecule has 0 fully saturated rings. The predicted octanol–water partition coefficient (Wildman–Crippen LogP) is 4.68. The maximum atomic E-state index is 3.47. The first-order valence-electron chi connectivity index (χ1n) is 5.60. The second-order valence-electron chi connectivity index (χ2n) is 3.86. The number of aryl methyl sites for hydroxylation is 1. The van der Waals surface area contributed by atoms with Crippen molar-refractivity contribution in [2.45, 2.75) is 12.8 Å². The highest BCUT2D eigenvalue weighted by Gasteiger charge is 1.98. The third-order valence-corrected chi connectivity index (χ3v) is 3.19. The predicted molar refractivity (Wildman–Crippen MR) is 74.0 cm³/mol. The van der Waals surface area contributed by atoms with Gasteiger partial charge in [0.1, 0.15) is 0 Å². The fraction of sp³-hybridized carbons (Fsp3) is 0.200. The number of benzene rings is 2. The Hall–Kier alpha value is -1.08. The lowest BCUT2D eigenvalue weighted by Gasteiger charge is -2.04. The SMILES string of the molecule is BrCCCc1cccc(-c2ccccc2)c1. The van der Waals surface area contributed by atoms with E-state index in [4.69, 9.17) is 0 Å². The summed E-state index contributed by atoms with van der Waals surface area (Å²) in [6.45, 7) is 0. The molecule has 0 aliphatic heterocycles. The van der Waals surface area contributed by atoms with Crippen LogP contribution in [0.3, 0.4) is 0 Å². The van der Waals surface area contributed by atoms with Crippen molar-refractivity contribution in [1.82, 2.24) is 0 Å². The molecule has 0 spiro atoms. The maximum absolute atomic E-state index is 3.47. The molecule has 82 valence electrons. The van der Waals surface area contributed by atoms with Gasteiger partial charge >= 0.3 is 0 Å². The largest absolute Gasteiger partial charge is 0.0928 e. The molecule has 1 heteroatoms. The van der Waals surface area contributed by atoms with Crippen LogP contribution < -0.4 is 0 Å². The highest BCUT2D eigenvalue weighted by atomic mass is 79.9. The van der Waals surface area contributed by atoms with E-state index in [0.717, 1.165) is 11.8 Å². The van der Waals surface area contributed by atoms with Crippen molar-refractivity contribution in [3.05, 3.63) is 60.2 Å². The van der Waals surface area contributed by atoms with Gasteiger partial charge in [0.15, 0.2) is 0 Å². The molecule has 2 rings (SSSR count). The molecule has 0 heterocycles. The lowest BCUT2D eigenvalue weighted by Crippen LogP contribution is -1.87. The molecule has 0 aliphatic rings. The van der Waals surface area contributed by atoms with Crippen LogP contribution in [0, 0.1) is 0 Å². The van der Waals surface area contributed by atoms with E-state index in [0.29, 0.717) is 0 Å².